The van der Waals surface area contributed by atoms with E-state index in [1.165, 1.54) is 5.56 Å². The summed E-state index contributed by atoms with van der Waals surface area (Å²) < 4.78 is 1.08. The molecule has 1 unspecified atom stereocenters. The van der Waals surface area contributed by atoms with Crippen LogP contribution in [0.2, 0.25) is 0 Å². The minimum atomic E-state index is -0.0192. The zero-order valence-electron chi connectivity index (χ0n) is 9.17. The summed E-state index contributed by atoms with van der Waals surface area (Å²) in [6, 6.07) is 4.09. The molecule has 1 amide bonds. The van der Waals surface area contributed by atoms with Gasteiger partial charge in [0.15, 0.2) is 0 Å². The van der Waals surface area contributed by atoms with Gasteiger partial charge in [-0.05, 0) is 32.4 Å². The van der Waals surface area contributed by atoms with Crippen molar-refractivity contribution < 1.29 is 4.79 Å². The molecule has 0 aromatic heterocycles. The summed E-state index contributed by atoms with van der Waals surface area (Å²) in [5.74, 6) is 0.188. The number of hydrogen-bond acceptors (Lipinski definition) is 1. The van der Waals surface area contributed by atoms with Gasteiger partial charge < -0.3 is 4.90 Å². The van der Waals surface area contributed by atoms with E-state index < -0.39 is 0 Å². The van der Waals surface area contributed by atoms with Crippen molar-refractivity contribution >= 4 is 27.5 Å². The number of benzene rings is 1. The van der Waals surface area contributed by atoms with Gasteiger partial charge in [-0.3, -0.25) is 4.79 Å². The Labute approximate surface area is 98.4 Å². The molecule has 3 heteroatoms. The maximum Gasteiger partial charge on any atom is 0.234 e. The van der Waals surface area contributed by atoms with Gasteiger partial charge in [0.05, 0.1) is 5.92 Å². The predicted octanol–water partition coefficient (Wildman–Crippen LogP) is 3.23. The molecule has 2 nitrogen and oxygen atoms in total. The van der Waals surface area contributed by atoms with E-state index in [9.17, 15) is 4.79 Å². The number of nitrogens with zero attached hydrogens (tertiary/aromatic N) is 1. The van der Waals surface area contributed by atoms with Crippen LogP contribution in [0, 0.1) is 6.92 Å². The number of halogens is 1. The fourth-order valence-corrected chi connectivity index (χ4v) is 2.82. The van der Waals surface area contributed by atoms with Crippen molar-refractivity contribution in [3.8, 4) is 0 Å². The van der Waals surface area contributed by atoms with Crippen molar-refractivity contribution in [2.24, 2.45) is 0 Å². The van der Waals surface area contributed by atoms with E-state index in [0.717, 1.165) is 22.3 Å². The second-order valence-corrected chi connectivity index (χ2v) is 4.73. The largest absolute Gasteiger partial charge is 0.312 e. The van der Waals surface area contributed by atoms with Gasteiger partial charge in [0.2, 0.25) is 5.91 Å². The second-order valence-electron chi connectivity index (χ2n) is 3.93. The minimum absolute atomic E-state index is 0.0192. The van der Waals surface area contributed by atoms with Crippen LogP contribution in [0.1, 0.15) is 30.9 Å². The van der Waals surface area contributed by atoms with E-state index >= 15 is 0 Å². The number of likely N-dealkylation sites (N-methyl/N-ethyl adjacent to an activating group) is 1. The molecule has 15 heavy (non-hydrogen) atoms. The lowest BCUT2D eigenvalue weighted by Gasteiger charge is -2.15. The van der Waals surface area contributed by atoms with Crippen LogP contribution in [0.4, 0.5) is 5.69 Å². The summed E-state index contributed by atoms with van der Waals surface area (Å²) in [6.07, 6.45) is 0. The molecular formula is C12H14BrNO. The molecule has 0 fully saturated rings. The Morgan fingerprint density at radius 2 is 2.13 bits per heavy atom. The number of anilines is 1. The van der Waals surface area contributed by atoms with Crippen LogP contribution in [0.25, 0.3) is 0 Å². The van der Waals surface area contributed by atoms with Gasteiger partial charge in [-0.15, -0.1) is 0 Å². The van der Waals surface area contributed by atoms with Crippen molar-refractivity contribution in [3.63, 3.8) is 0 Å². The maximum absolute atomic E-state index is 12.0. The molecule has 0 aliphatic carbocycles. The van der Waals surface area contributed by atoms with Gasteiger partial charge in [-0.2, -0.15) is 0 Å². The zero-order chi connectivity index (χ0) is 11.2. The first-order chi connectivity index (χ1) is 7.07. The Balaban J connectivity index is 2.65. The summed E-state index contributed by atoms with van der Waals surface area (Å²) in [6.45, 7) is 6.77. The van der Waals surface area contributed by atoms with Gasteiger partial charge in [0.25, 0.3) is 0 Å². The van der Waals surface area contributed by atoms with Crippen LogP contribution in [-0.2, 0) is 4.79 Å². The number of carbonyl (C=O) groups excluding carboxylic acids is 1. The third-order valence-electron chi connectivity index (χ3n) is 3.03. The molecule has 0 N–H and O–H groups in total. The smallest absolute Gasteiger partial charge is 0.234 e. The molecule has 0 bridgehead atoms. The van der Waals surface area contributed by atoms with E-state index in [4.69, 9.17) is 0 Å². The van der Waals surface area contributed by atoms with Crippen LogP contribution in [-0.4, -0.2) is 12.5 Å². The van der Waals surface area contributed by atoms with Crippen LogP contribution in [0.15, 0.2) is 16.6 Å². The van der Waals surface area contributed by atoms with Gasteiger partial charge in [-0.1, -0.05) is 22.0 Å². The number of fused-ring (bicyclic) bond motifs is 1. The molecule has 80 valence electrons. The lowest BCUT2D eigenvalue weighted by atomic mass is 10.0. The van der Waals surface area contributed by atoms with Gasteiger partial charge in [0, 0.05) is 22.3 Å². The summed E-state index contributed by atoms with van der Waals surface area (Å²) in [4.78, 5) is 13.8. The summed E-state index contributed by atoms with van der Waals surface area (Å²) in [5, 5.41) is 0. The van der Waals surface area contributed by atoms with Crippen molar-refractivity contribution in [1.29, 1.82) is 0 Å². The Bertz CT molecular complexity index is 428. The van der Waals surface area contributed by atoms with Crippen LogP contribution >= 0.6 is 15.9 Å². The van der Waals surface area contributed by atoms with Crippen molar-refractivity contribution in [3.05, 3.63) is 27.7 Å². The Hall–Kier alpha value is -0.830. The normalized spacial score (nSPS) is 19.6. The highest BCUT2D eigenvalue weighted by atomic mass is 79.9. The first-order valence-corrected chi connectivity index (χ1v) is 5.97. The first kappa shape index (κ1) is 10.7. The SMILES string of the molecule is CCN1C(=O)C(C)c2c1ccc(C)c2Br. The summed E-state index contributed by atoms with van der Waals surface area (Å²) in [5.41, 5.74) is 3.39. The topological polar surface area (TPSA) is 20.3 Å². The summed E-state index contributed by atoms with van der Waals surface area (Å²) >= 11 is 3.58. The molecule has 1 atom stereocenters. The highest BCUT2D eigenvalue weighted by Crippen LogP contribution is 2.42. The Morgan fingerprint density at radius 1 is 1.47 bits per heavy atom. The van der Waals surface area contributed by atoms with E-state index in [-0.39, 0.29) is 11.8 Å². The number of carbonyl (C=O) groups is 1. The van der Waals surface area contributed by atoms with Crippen LogP contribution in [0.3, 0.4) is 0 Å². The second kappa shape index (κ2) is 3.63. The monoisotopic (exact) mass is 267 g/mol. The fourth-order valence-electron chi connectivity index (χ4n) is 2.14. The molecule has 0 saturated carbocycles. The minimum Gasteiger partial charge on any atom is -0.312 e. The molecule has 1 aromatic rings. The van der Waals surface area contributed by atoms with Gasteiger partial charge >= 0.3 is 0 Å². The van der Waals surface area contributed by atoms with Crippen molar-refractivity contribution in [2.45, 2.75) is 26.7 Å². The number of hydrogen-bond donors (Lipinski definition) is 0. The van der Waals surface area contributed by atoms with E-state index in [0.29, 0.717) is 0 Å². The van der Waals surface area contributed by atoms with Crippen LogP contribution in [0.5, 0.6) is 0 Å². The average Bonchev–Trinajstić information content (AvgIpc) is 2.46. The van der Waals surface area contributed by atoms with Gasteiger partial charge in [-0.25, -0.2) is 0 Å². The number of aryl methyl sites for hydroxylation is 1. The third-order valence-corrected chi connectivity index (χ3v) is 4.08. The molecular weight excluding hydrogens is 254 g/mol. The molecule has 2 rings (SSSR count). The molecule has 1 heterocycles. The lowest BCUT2D eigenvalue weighted by Crippen LogP contribution is -2.27. The van der Waals surface area contributed by atoms with Gasteiger partial charge in [0.1, 0.15) is 0 Å². The highest BCUT2D eigenvalue weighted by molar-refractivity contribution is 9.10. The quantitative estimate of drug-likeness (QED) is 0.765. The maximum atomic E-state index is 12.0. The first-order valence-electron chi connectivity index (χ1n) is 5.18. The molecule has 0 saturated heterocycles. The summed E-state index contributed by atoms with van der Waals surface area (Å²) in [7, 11) is 0. The van der Waals surface area contributed by atoms with Crippen LogP contribution < -0.4 is 4.90 Å². The third kappa shape index (κ3) is 1.41. The molecule has 1 aromatic carbocycles. The van der Waals surface area contributed by atoms with E-state index in [2.05, 4.69) is 28.9 Å². The average molecular weight is 268 g/mol. The Kier molecular flexibility index (Phi) is 2.59. The standard InChI is InChI=1S/C12H14BrNO/c1-4-14-9-6-5-7(2)11(13)10(9)8(3)12(14)15/h5-6,8H,4H2,1-3H3. The molecule has 1 aliphatic rings. The van der Waals surface area contributed by atoms with E-state index in [1.54, 1.807) is 0 Å². The Morgan fingerprint density at radius 3 is 2.73 bits per heavy atom. The number of amides is 1. The fraction of sp³-hybridized carbons (Fsp3) is 0.417. The highest BCUT2D eigenvalue weighted by Gasteiger charge is 2.34. The lowest BCUT2D eigenvalue weighted by molar-refractivity contribution is -0.118. The van der Waals surface area contributed by atoms with E-state index in [1.807, 2.05) is 24.8 Å². The predicted molar refractivity (Wildman–Crippen MR) is 65.3 cm³/mol. The van der Waals surface area contributed by atoms with Crippen molar-refractivity contribution in [1.82, 2.24) is 0 Å². The number of rotatable bonds is 1. The molecule has 0 radical (unpaired) electrons. The molecule has 1 aliphatic heterocycles. The van der Waals surface area contributed by atoms with Crippen molar-refractivity contribution in [2.75, 3.05) is 11.4 Å². The zero-order valence-corrected chi connectivity index (χ0v) is 10.8. The molecule has 0 spiro atoms.